The van der Waals surface area contributed by atoms with Crippen LogP contribution in [0.3, 0.4) is 0 Å². The van der Waals surface area contributed by atoms with Crippen molar-refractivity contribution in [2.45, 2.75) is 32.5 Å². The van der Waals surface area contributed by atoms with Gasteiger partial charge < -0.3 is 15.5 Å². The van der Waals surface area contributed by atoms with Gasteiger partial charge in [0.25, 0.3) is 5.91 Å². The molecule has 1 aromatic carbocycles. The lowest BCUT2D eigenvalue weighted by Gasteiger charge is -2.25. The smallest absolute Gasteiger partial charge is 0.273 e. The second-order valence-corrected chi connectivity index (χ2v) is 7.15. The highest BCUT2D eigenvalue weighted by molar-refractivity contribution is 5.99. The van der Waals surface area contributed by atoms with Crippen LogP contribution in [-0.2, 0) is 11.3 Å². The lowest BCUT2D eigenvalue weighted by atomic mass is 10.1. The van der Waals surface area contributed by atoms with Crippen LogP contribution in [0.5, 0.6) is 0 Å². The van der Waals surface area contributed by atoms with Crippen molar-refractivity contribution < 1.29 is 9.59 Å². The maximum absolute atomic E-state index is 12.9. The molecule has 0 fully saturated rings. The van der Waals surface area contributed by atoms with Gasteiger partial charge in [0, 0.05) is 24.5 Å². The third kappa shape index (κ3) is 3.98. The molecule has 8 heteroatoms. The Morgan fingerprint density at radius 2 is 1.77 bits per heavy atom. The van der Waals surface area contributed by atoms with Crippen LogP contribution < -0.4 is 10.6 Å². The second kappa shape index (κ2) is 8.28. The van der Waals surface area contributed by atoms with Crippen molar-refractivity contribution in [1.29, 1.82) is 0 Å². The average molecular weight is 402 g/mol. The van der Waals surface area contributed by atoms with E-state index in [0.717, 1.165) is 11.1 Å². The molecular formula is C22H22N6O2. The van der Waals surface area contributed by atoms with Gasteiger partial charge in [-0.3, -0.25) is 9.59 Å². The number of fused-ring (bicyclic) bond motifs is 1. The molecule has 4 rings (SSSR count). The topological polar surface area (TPSA) is 100 Å². The minimum Gasteiger partial charge on any atom is -0.348 e. The number of aromatic nitrogens is 3. The Hall–Kier alpha value is -3.81. The molecule has 3 aromatic rings. The standard InChI is InChI=1S/C22H22N6O2/c1-14(16-7-4-3-5-8-16)25-20(29)15(2)28-13-17-9-10-18(26-19(17)21(28)30)27-22-23-11-6-12-24-22/h3-12,14-15H,13H2,1-2H3,(H,25,29)(H,23,24,26,27)/t14-,15+/m0/s1. The van der Waals surface area contributed by atoms with Crippen LogP contribution in [0.2, 0.25) is 0 Å². The minimum absolute atomic E-state index is 0.152. The number of benzene rings is 1. The van der Waals surface area contributed by atoms with Crippen molar-refractivity contribution in [3.8, 4) is 0 Å². The number of carbonyl (C=O) groups excluding carboxylic acids is 2. The van der Waals surface area contributed by atoms with Gasteiger partial charge in [-0.25, -0.2) is 15.0 Å². The zero-order chi connectivity index (χ0) is 21.1. The zero-order valence-corrected chi connectivity index (χ0v) is 16.7. The molecule has 3 heterocycles. The molecule has 2 amide bonds. The van der Waals surface area contributed by atoms with Gasteiger partial charge in [0.1, 0.15) is 17.6 Å². The molecule has 0 unspecified atom stereocenters. The third-order valence-corrected chi connectivity index (χ3v) is 5.09. The van der Waals surface area contributed by atoms with Crippen LogP contribution >= 0.6 is 0 Å². The van der Waals surface area contributed by atoms with Crippen LogP contribution in [0.4, 0.5) is 11.8 Å². The first-order valence-corrected chi connectivity index (χ1v) is 9.73. The van der Waals surface area contributed by atoms with Crippen molar-refractivity contribution in [1.82, 2.24) is 25.2 Å². The number of pyridine rings is 1. The molecular weight excluding hydrogens is 380 g/mol. The number of nitrogens with one attached hydrogen (secondary N) is 2. The molecule has 2 atom stereocenters. The van der Waals surface area contributed by atoms with E-state index in [4.69, 9.17) is 0 Å². The third-order valence-electron chi connectivity index (χ3n) is 5.09. The predicted molar refractivity (Wildman–Crippen MR) is 112 cm³/mol. The number of anilines is 2. The molecule has 0 aliphatic carbocycles. The highest BCUT2D eigenvalue weighted by Crippen LogP contribution is 2.25. The molecule has 0 saturated heterocycles. The first-order chi connectivity index (χ1) is 14.5. The lowest BCUT2D eigenvalue weighted by molar-refractivity contribution is -0.125. The highest BCUT2D eigenvalue weighted by Gasteiger charge is 2.35. The van der Waals surface area contributed by atoms with E-state index in [-0.39, 0.29) is 17.9 Å². The largest absolute Gasteiger partial charge is 0.348 e. The Kier molecular flexibility index (Phi) is 5.38. The summed E-state index contributed by atoms with van der Waals surface area (Å²) in [7, 11) is 0. The van der Waals surface area contributed by atoms with E-state index in [2.05, 4.69) is 25.6 Å². The summed E-state index contributed by atoms with van der Waals surface area (Å²) in [4.78, 5) is 39.8. The Morgan fingerprint density at radius 1 is 1.03 bits per heavy atom. The van der Waals surface area contributed by atoms with Gasteiger partial charge in [0.05, 0.1) is 6.04 Å². The number of rotatable bonds is 6. The van der Waals surface area contributed by atoms with Gasteiger partial charge in [-0.15, -0.1) is 0 Å². The number of carbonyl (C=O) groups is 2. The van der Waals surface area contributed by atoms with E-state index in [1.54, 1.807) is 31.5 Å². The average Bonchev–Trinajstić information content (AvgIpc) is 3.10. The zero-order valence-electron chi connectivity index (χ0n) is 16.7. The Morgan fingerprint density at radius 3 is 2.50 bits per heavy atom. The van der Waals surface area contributed by atoms with Crippen LogP contribution in [0.15, 0.2) is 60.9 Å². The summed E-state index contributed by atoms with van der Waals surface area (Å²) in [6, 6.07) is 14.3. The molecule has 1 aliphatic heterocycles. The molecule has 1 aliphatic rings. The molecule has 0 bridgehead atoms. The number of nitrogens with zero attached hydrogens (tertiary/aromatic N) is 4. The number of hydrogen-bond donors (Lipinski definition) is 2. The van der Waals surface area contributed by atoms with Crippen molar-refractivity contribution in [2.24, 2.45) is 0 Å². The second-order valence-electron chi connectivity index (χ2n) is 7.15. The fraction of sp³-hybridized carbons (Fsp3) is 0.227. The normalized spacial score (nSPS) is 14.7. The summed E-state index contributed by atoms with van der Waals surface area (Å²) in [6.45, 7) is 4.00. The number of amides is 2. The minimum atomic E-state index is -0.619. The Balaban J connectivity index is 1.44. The van der Waals surface area contributed by atoms with Crippen molar-refractivity contribution in [3.63, 3.8) is 0 Å². The van der Waals surface area contributed by atoms with Crippen molar-refractivity contribution in [2.75, 3.05) is 5.32 Å². The van der Waals surface area contributed by atoms with Crippen LogP contribution in [0.25, 0.3) is 0 Å². The van der Waals surface area contributed by atoms with E-state index >= 15 is 0 Å². The molecule has 8 nitrogen and oxygen atoms in total. The van der Waals surface area contributed by atoms with Gasteiger partial charge in [0.2, 0.25) is 11.9 Å². The SMILES string of the molecule is C[C@H](NC(=O)[C@@H](C)N1Cc2ccc(Nc3ncccn3)nc2C1=O)c1ccccc1. The molecule has 0 saturated carbocycles. The summed E-state index contributed by atoms with van der Waals surface area (Å²) in [6.07, 6.45) is 3.23. The first-order valence-electron chi connectivity index (χ1n) is 9.73. The van der Waals surface area contributed by atoms with Gasteiger partial charge in [-0.1, -0.05) is 36.4 Å². The monoisotopic (exact) mass is 402 g/mol. The van der Waals surface area contributed by atoms with Crippen molar-refractivity contribution in [3.05, 3.63) is 77.7 Å². The molecule has 152 valence electrons. The molecule has 0 spiro atoms. The van der Waals surface area contributed by atoms with E-state index in [0.29, 0.717) is 24.0 Å². The van der Waals surface area contributed by atoms with E-state index in [1.807, 2.05) is 43.3 Å². The Bertz CT molecular complexity index is 1060. The molecule has 30 heavy (non-hydrogen) atoms. The number of hydrogen-bond acceptors (Lipinski definition) is 6. The van der Waals surface area contributed by atoms with Gasteiger partial charge in [-0.05, 0) is 31.5 Å². The summed E-state index contributed by atoms with van der Waals surface area (Å²) in [5, 5.41) is 5.96. The first kappa shape index (κ1) is 19.5. The van der Waals surface area contributed by atoms with Crippen LogP contribution in [0, 0.1) is 0 Å². The summed E-state index contributed by atoms with van der Waals surface area (Å²) >= 11 is 0. The molecule has 0 radical (unpaired) electrons. The van der Waals surface area contributed by atoms with Crippen LogP contribution in [-0.4, -0.2) is 37.7 Å². The summed E-state index contributed by atoms with van der Waals surface area (Å²) in [5.74, 6) is 0.404. The van der Waals surface area contributed by atoms with E-state index in [9.17, 15) is 9.59 Å². The van der Waals surface area contributed by atoms with Gasteiger partial charge in [-0.2, -0.15) is 0 Å². The van der Waals surface area contributed by atoms with E-state index in [1.165, 1.54) is 4.90 Å². The van der Waals surface area contributed by atoms with Gasteiger partial charge in [0.15, 0.2) is 0 Å². The predicted octanol–water partition coefficient (Wildman–Crippen LogP) is 2.84. The fourth-order valence-corrected chi connectivity index (χ4v) is 3.35. The maximum atomic E-state index is 12.9. The van der Waals surface area contributed by atoms with Crippen LogP contribution in [0.1, 0.15) is 41.5 Å². The molecule has 2 N–H and O–H groups in total. The van der Waals surface area contributed by atoms with E-state index < -0.39 is 6.04 Å². The highest BCUT2D eigenvalue weighted by atomic mass is 16.2. The lowest BCUT2D eigenvalue weighted by Crippen LogP contribution is -2.45. The maximum Gasteiger partial charge on any atom is 0.273 e. The fourth-order valence-electron chi connectivity index (χ4n) is 3.35. The van der Waals surface area contributed by atoms with Crippen molar-refractivity contribution >= 4 is 23.6 Å². The quantitative estimate of drug-likeness (QED) is 0.658. The summed E-state index contributed by atoms with van der Waals surface area (Å²) < 4.78 is 0. The molecule has 2 aromatic heterocycles. The Labute approximate surface area is 174 Å². The summed E-state index contributed by atoms with van der Waals surface area (Å²) in [5.41, 5.74) is 2.14. The van der Waals surface area contributed by atoms with Gasteiger partial charge >= 0.3 is 0 Å².